The molecule has 0 radical (unpaired) electrons. The molecule has 1 unspecified atom stereocenters. The van der Waals surface area contributed by atoms with Crippen molar-refractivity contribution in [2.45, 2.75) is 45.5 Å². The number of nitrogens with zero attached hydrogens (tertiary/aromatic N) is 1. The van der Waals surface area contributed by atoms with Gasteiger partial charge >= 0.3 is 5.97 Å². The van der Waals surface area contributed by atoms with Crippen molar-refractivity contribution in [1.29, 1.82) is 0 Å². The van der Waals surface area contributed by atoms with Gasteiger partial charge in [-0.1, -0.05) is 32.5 Å². The van der Waals surface area contributed by atoms with E-state index in [1.807, 2.05) is 0 Å². The van der Waals surface area contributed by atoms with Crippen molar-refractivity contribution < 1.29 is 14.1 Å². The Morgan fingerprint density at radius 3 is 2.24 bits per heavy atom. The van der Waals surface area contributed by atoms with Crippen LogP contribution in [0.5, 0.6) is 0 Å². The molecular formula is C15H20BrNO3S. The molecule has 0 aliphatic carbocycles. The predicted molar refractivity (Wildman–Crippen MR) is 89.8 cm³/mol. The highest BCUT2D eigenvalue weighted by atomic mass is 79.9. The highest BCUT2D eigenvalue weighted by molar-refractivity contribution is 9.10. The molecule has 0 saturated carbocycles. The topological polar surface area (TPSA) is 61.7 Å². The zero-order valence-corrected chi connectivity index (χ0v) is 15.2. The van der Waals surface area contributed by atoms with Crippen LogP contribution in [-0.2, 0) is 20.9 Å². The molecule has 0 N–H and O–H groups in total. The second-order valence-corrected chi connectivity index (χ2v) is 8.58. The van der Waals surface area contributed by atoms with Crippen molar-refractivity contribution in [3.63, 3.8) is 0 Å². The van der Waals surface area contributed by atoms with Gasteiger partial charge < -0.3 is 9.29 Å². The van der Waals surface area contributed by atoms with Crippen molar-refractivity contribution in [2.75, 3.05) is 0 Å². The van der Waals surface area contributed by atoms with E-state index in [1.165, 1.54) is 0 Å². The average molecular weight is 374 g/mol. The highest BCUT2D eigenvalue weighted by Crippen LogP contribution is 2.20. The smallest absolute Gasteiger partial charge is 0.362 e. The van der Waals surface area contributed by atoms with E-state index in [-0.39, 0.29) is 11.8 Å². The summed E-state index contributed by atoms with van der Waals surface area (Å²) in [7, 11) is 0. The normalized spacial score (nSPS) is 14.2. The Morgan fingerprint density at radius 2 is 1.81 bits per heavy atom. The van der Waals surface area contributed by atoms with Crippen LogP contribution in [0.1, 0.15) is 40.2 Å². The fourth-order valence-corrected chi connectivity index (χ4v) is 2.19. The Bertz CT molecular complexity index is 521. The van der Waals surface area contributed by atoms with Crippen LogP contribution in [0, 0.1) is 0 Å². The molecule has 0 bridgehead atoms. The van der Waals surface area contributed by atoms with Gasteiger partial charge in [-0.25, -0.2) is 4.79 Å². The lowest BCUT2D eigenvalue weighted by atomic mass is 10.1. The summed E-state index contributed by atoms with van der Waals surface area (Å²) in [6, 6.07) is 7.08. The van der Waals surface area contributed by atoms with Gasteiger partial charge in [0, 0.05) is 10.0 Å². The average Bonchev–Trinajstić information content (AvgIpc) is 2.34. The lowest BCUT2D eigenvalue weighted by molar-refractivity contribution is -0.138. The zero-order valence-electron chi connectivity index (χ0n) is 12.8. The van der Waals surface area contributed by atoms with E-state index < -0.39 is 22.1 Å². The summed E-state index contributed by atoms with van der Waals surface area (Å²) in [5, 5.41) is 0. The molecule has 1 rings (SSSR count). The van der Waals surface area contributed by atoms with Gasteiger partial charge in [0.1, 0.15) is 16.1 Å². The van der Waals surface area contributed by atoms with Crippen LogP contribution < -0.4 is 0 Å². The highest BCUT2D eigenvalue weighted by Gasteiger charge is 2.30. The monoisotopic (exact) mass is 373 g/mol. The fourth-order valence-electron chi connectivity index (χ4n) is 1.31. The van der Waals surface area contributed by atoms with Crippen molar-refractivity contribution >= 4 is 39.0 Å². The summed E-state index contributed by atoms with van der Waals surface area (Å²) in [4.78, 5) is 12.2. The summed E-state index contributed by atoms with van der Waals surface area (Å²) in [5.41, 5.74) is 0.672. The Morgan fingerprint density at radius 1 is 1.29 bits per heavy atom. The first-order chi connectivity index (χ1) is 9.61. The summed E-state index contributed by atoms with van der Waals surface area (Å²) in [5.74, 6) is -0.565. The minimum atomic E-state index is -1.53. The molecular weight excluding hydrogens is 354 g/mol. The number of rotatable bonds is 4. The lowest BCUT2D eigenvalue weighted by Crippen LogP contribution is -2.30. The van der Waals surface area contributed by atoms with Gasteiger partial charge in [0.25, 0.3) is 0 Å². The van der Waals surface area contributed by atoms with E-state index >= 15 is 0 Å². The van der Waals surface area contributed by atoms with E-state index in [1.54, 1.807) is 58.9 Å². The fraction of sp³-hybridized carbons (Fsp3) is 0.467. The number of halogens is 1. The number of hydrogen-bond donors (Lipinski definition) is 0. The van der Waals surface area contributed by atoms with Crippen LogP contribution in [0.15, 0.2) is 33.1 Å². The van der Waals surface area contributed by atoms with Crippen molar-refractivity contribution in [3.8, 4) is 0 Å². The van der Waals surface area contributed by atoms with Gasteiger partial charge in [-0.05, 0) is 46.8 Å². The molecule has 0 saturated heterocycles. The van der Waals surface area contributed by atoms with Gasteiger partial charge in [-0.2, -0.15) is 0 Å². The second-order valence-electron chi connectivity index (χ2n) is 5.76. The Kier molecular flexibility index (Phi) is 6.43. The van der Waals surface area contributed by atoms with Crippen molar-refractivity contribution in [1.82, 2.24) is 0 Å². The molecule has 0 aromatic heterocycles. The first-order valence-corrected chi connectivity index (χ1v) is 8.49. The standard InChI is InChI=1S/C15H20BrNO3S/c1-10(2)20-14(18)13(17-21(19)15(3,4)5)11-6-8-12(16)9-7-11/h6-10H,1-5H3. The molecule has 0 fully saturated rings. The van der Waals surface area contributed by atoms with Gasteiger partial charge in [-0.3, -0.25) is 0 Å². The van der Waals surface area contributed by atoms with Crippen LogP contribution >= 0.6 is 15.9 Å². The third-order valence-electron chi connectivity index (χ3n) is 2.35. The van der Waals surface area contributed by atoms with Gasteiger partial charge in [-0.15, -0.1) is 0 Å². The molecule has 21 heavy (non-hydrogen) atoms. The first-order valence-electron chi connectivity index (χ1n) is 6.59. The van der Waals surface area contributed by atoms with Crippen LogP contribution in [0.25, 0.3) is 0 Å². The van der Waals surface area contributed by atoms with E-state index in [0.717, 1.165) is 4.47 Å². The largest absolute Gasteiger partial charge is 0.591 e. The van der Waals surface area contributed by atoms with E-state index in [0.29, 0.717) is 5.56 Å². The molecule has 0 spiro atoms. The summed E-state index contributed by atoms with van der Waals surface area (Å²) >= 11 is 1.81. The Labute approximate surface area is 137 Å². The molecule has 4 nitrogen and oxygen atoms in total. The van der Waals surface area contributed by atoms with Crippen LogP contribution in [0.4, 0.5) is 0 Å². The number of carbonyl (C=O) groups excluding carboxylic acids is 1. The molecule has 0 aliphatic rings. The van der Waals surface area contributed by atoms with Crippen molar-refractivity contribution in [3.05, 3.63) is 34.3 Å². The number of esters is 1. The van der Waals surface area contributed by atoms with E-state index in [2.05, 4.69) is 20.3 Å². The molecule has 6 heteroatoms. The lowest BCUT2D eigenvalue weighted by Gasteiger charge is -2.19. The molecule has 116 valence electrons. The van der Waals surface area contributed by atoms with E-state index in [4.69, 9.17) is 4.74 Å². The van der Waals surface area contributed by atoms with Crippen LogP contribution in [0.2, 0.25) is 0 Å². The van der Waals surface area contributed by atoms with Gasteiger partial charge in [0.2, 0.25) is 5.71 Å². The van der Waals surface area contributed by atoms with Crippen molar-refractivity contribution in [2.24, 2.45) is 4.40 Å². The zero-order chi connectivity index (χ0) is 16.2. The molecule has 1 aromatic carbocycles. The van der Waals surface area contributed by atoms with Crippen LogP contribution in [-0.4, -0.2) is 27.1 Å². The molecule has 0 aliphatic heterocycles. The second kappa shape index (κ2) is 7.42. The third-order valence-corrected chi connectivity index (χ3v) is 4.28. The molecule has 0 heterocycles. The summed E-state index contributed by atoms with van der Waals surface area (Å²) in [6.45, 7) is 8.94. The number of ether oxygens (including phenoxy) is 1. The first kappa shape index (κ1) is 18.2. The number of carbonyl (C=O) groups is 1. The molecule has 1 atom stereocenters. The maximum absolute atomic E-state index is 12.2. The maximum Gasteiger partial charge on any atom is 0.362 e. The SMILES string of the molecule is CC(C)OC(=O)C(=N[S+]([O-])C(C)(C)C)c1ccc(Br)cc1. The molecule has 1 aromatic rings. The minimum Gasteiger partial charge on any atom is -0.591 e. The third kappa shape index (κ3) is 5.80. The number of hydrogen-bond acceptors (Lipinski definition) is 4. The number of benzene rings is 1. The Hall–Kier alpha value is -0.850. The minimum absolute atomic E-state index is 0.0875. The van der Waals surface area contributed by atoms with E-state index in [9.17, 15) is 9.35 Å². The maximum atomic E-state index is 12.2. The quantitative estimate of drug-likeness (QED) is 0.459. The predicted octanol–water partition coefficient (Wildman–Crippen LogP) is 3.65. The summed E-state index contributed by atoms with van der Waals surface area (Å²) in [6.07, 6.45) is -0.263. The Balaban J connectivity index is 3.20. The van der Waals surface area contributed by atoms with Crippen LogP contribution in [0.3, 0.4) is 0 Å². The van der Waals surface area contributed by atoms with Gasteiger partial charge in [0.05, 0.1) is 6.10 Å². The van der Waals surface area contributed by atoms with Gasteiger partial charge in [0.15, 0.2) is 0 Å². The summed E-state index contributed by atoms with van der Waals surface area (Å²) < 4.78 is 21.9. The molecule has 0 amide bonds.